The molecule has 28 heavy (non-hydrogen) atoms. The van der Waals surface area contributed by atoms with Crippen molar-refractivity contribution in [3.63, 3.8) is 0 Å². The Labute approximate surface area is 160 Å². The summed E-state index contributed by atoms with van der Waals surface area (Å²) in [6, 6.07) is 9.94. The van der Waals surface area contributed by atoms with Crippen LogP contribution in [-0.4, -0.2) is 34.3 Å². The highest BCUT2D eigenvalue weighted by atomic mass is 16.5. The number of nitriles is 1. The zero-order valence-electron chi connectivity index (χ0n) is 15.0. The number of phenols is 2. The molecule has 0 aliphatic carbocycles. The lowest BCUT2D eigenvalue weighted by molar-refractivity contribution is 0.101. The zero-order chi connectivity index (χ0) is 19.8. The summed E-state index contributed by atoms with van der Waals surface area (Å²) in [5.74, 6) is -0.927. The van der Waals surface area contributed by atoms with Crippen LogP contribution in [0.25, 0.3) is 17.0 Å². The summed E-state index contributed by atoms with van der Waals surface area (Å²) in [5.41, 5.74) is 1.96. The van der Waals surface area contributed by atoms with Crippen LogP contribution in [0.5, 0.6) is 17.2 Å². The molecule has 1 aromatic heterocycles. The molecule has 7 heteroatoms. The van der Waals surface area contributed by atoms with Gasteiger partial charge in [-0.1, -0.05) is 6.07 Å². The lowest BCUT2D eigenvalue weighted by Gasteiger charge is -2.03. The van der Waals surface area contributed by atoms with Crippen LogP contribution < -0.4 is 4.74 Å². The van der Waals surface area contributed by atoms with Gasteiger partial charge in [-0.3, -0.25) is 4.79 Å². The lowest BCUT2D eigenvalue weighted by atomic mass is 10.0. The Morgan fingerprint density at radius 3 is 2.89 bits per heavy atom. The van der Waals surface area contributed by atoms with Gasteiger partial charge in [-0.25, -0.2) is 0 Å². The van der Waals surface area contributed by atoms with Crippen molar-refractivity contribution in [1.82, 2.24) is 4.57 Å². The van der Waals surface area contributed by atoms with Crippen molar-refractivity contribution in [3.05, 3.63) is 59.0 Å². The number of rotatable bonds is 4. The van der Waals surface area contributed by atoms with E-state index in [0.717, 1.165) is 11.6 Å². The minimum absolute atomic E-state index is 0.00711. The monoisotopic (exact) mass is 376 g/mol. The molecule has 0 spiro atoms. The number of hydrogen-bond acceptors (Lipinski definition) is 6. The second kappa shape index (κ2) is 6.76. The molecule has 1 aliphatic heterocycles. The molecule has 0 unspecified atom stereocenters. The Balaban J connectivity index is 1.85. The maximum atomic E-state index is 12.7. The Bertz CT molecular complexity index is 1180. The molecule has 4 rings (SSSR count). The van der Waals surface area contributed by atoms with Crippen molar-refractivity contribution < 1.29 is 24.5 Å². The third-order valence-electron chi connectivity index (χ3n) is 4.62. The van der Waals surface area contributed by atoms with Crippen LogP contribution >= 0.6 is 0 Å². The summed E-state index contributed by atoms with van der Waals surface area (Å²) in [6.07, 6.45) is 3.37. The molecular formula is C21H16N2O5. The van der Waals surface area contributed by atoms with Crippen molar-refractivity contribution in [2.24, 2.45) is 0 Å². The molecule has 0 saturated carbocycles. The van der Waals surface area contributed by atoms with Crippen LogP contribution in [-0.2, 0) is 11.3 Å². The maximum Gasteiger partial charge on any atom is 0.235 e. The van der Waals surface area contributed by atoms with Crippen LogP contribution in [0, 0.1) is 11.3 Å². The minimum atomic E-state index is -0.486. The van der Waals surface area contributed by atoms with Crippen molar-refractivity contribution in [1.29, 1.82) is 5.26 Å². The number of benzene rings is 2. The number of fused-ring (bicyclic) bond motifs is 2. The number of methoxy groups -OCH3 is 1. The molecule has 0 amide bonds. The number of ketones is 1. The fourth-order valence-electron chi connectivity index (χ4n) is 3.38. The number of Topliss-reactive ketones (excluding diaryl/α,β-unsaturated/α-hetero) is 1. The van der Waals surface area contributed by atoms with Crippen molar-refractivity contribution in [3.8, 4) is 23.3 Å². The topological polar surface area (TPSA) is 105 Å². The fraction of sp³-hybridized carbons (Fsp3) is 0.143. The molecule has 2 aromatic carbocycles. The molecule has 0 atom stereocenters. The van der Waals surface area contributed by atoms with Crippen molar-refractivity contribution in [2.75, 3.05) is 13.7 Å². The van der Waals surface area contributed by atoms with Gasteiger partial charge in [0.25, 0.3) is 0 Å². The Morgan fingerprint density at radius 2 is 2.14 bits per heavy atom. The number of aromatic nitrogens is 1. The maximum absolute atomic E-state index is 12.7. The molecule has 3 aromatic rings. The number of carbonyl (C=O) groups is 1. The number of phenolic OH excluding ortho intramolecular Hbond substituents is 2. The molecule has 0 fully saturated rings. The Kier molecular flexibility index (Phi) is 4.26. The molecule has 7 nitrogen and oxygen atoms in total. The zero-order valence-corrected chi connectivity index (χ0v) is 15.0. The fourth-order valence-corrected chi connectivity index (χ4v) is 3.38. The lowest BCUT2D eigenvalue weighted by Crippen LogP contribution is -2.02. The van der Waals surface area contributed by atoms with E-state index in [0.29, 0.717) is 29.7 Å². The molecule has 1 aliphatic rings. The largest absolute Gasteiger partial charge is 0.508 e. The van der Waals surface area contributed by atoms with Gasteiger partial charge in [0.15, 0.2) is 5.76 Å². The van der Waals surface area contributed by atoms with Gasteiger partial charge in [0.2, 0.25) is 5.78 Å². The van der Waals surface area contributed by atoms with Gasteiger partial charge >= 0.3 is 0 Å². The number of hydrogen-bond donors (Lipinski definition) is 2. The highest BCUT2D eigenvalue weighted by Crippen LogP contribution is 2.41. The van der Waals surface area contributed by atoms with E-state index in [9.17, 15) is 20.3 Å². The second-order valence-corrected chi connectivity index (χ2v) is 6.36. The summed E-state index contributed by atoms with van der Waals surface area (Å²) in [5, 5.41) is 29.8. The average molecular weight is 376 g/mol. The Morgan fingerprint density at radius 1 is 1.32 bits per heavy atom. The first-order valence-electron chi connectivity index (χ1n) is 8.54. The summed E-state index contributed by atoms with van der Waals surface area (Å²) in [7, 11) is 1.61. The van der Waals surface area contributed by atoms with Gasteiger partial charge in [0.1, 0.15) is 22.8 Å². The summed E-state index contributed by atoms with van der Waals surface area (Å²) in [6.45, 7) is 1.07. The van der Waals surface area contributed by atoms with Gasteiger partial charge < -0.3 is 24.3 Å². The highest BCUT2D eigenvalue weighted by molar-refractivity contribution is 6.17. The number of aromatic hydroxyl groups is 2. The van der Waals surface area contributed by atoms with Gasteiger partial charge in [-0.2, -0.15) is 5.26 Å². The van der Waals surface area contributed by atoms with Crippen LogP contribution in [0.2, 0.25) is 0 Å². The van der Waals surface area contributed by atoms with Crippen molar-refractivity contribution in [2.45, 2.75) is 6.54 Å². The average Bonchev–Trinajstić information content (AvgIpc) is 3.18. The molecule has 2 heterocycles. The number of carbonyl (C=O) groups excluding carboxylic acids is 1. The first kappa shape index (κ1) is 17.6. The first-order chi connectivity index (χ1) is 13.5. The highest BCUT2D eigenvalue weighted by Gasteiger charge is 2.31. The van der Waals surface area contributed by atoms with E-state index in [1.165, 1.54) is 6.07 Å². The predicted molar refractivity (Wildman–Crippen MR) is 101 cm³/mol. The van der Waals surface area contributed by atoms with Gasteiger partial charge in [0, 0.05) is 42.9 Å². The minimum Gasteiger partial charge on any atom is -0.508 e. The van der Waals surface area contributed by atoms with E-state index in [-0.39, 0.29) is 28.6 Å². The predicted octanol–water partition coefficient (Wildman–Crippen LogP) is 3.19. The summed E-state index contributed by atoms with van der Waals surface area (Å²) < 4.78 is 12.7. The van der Waals surface area contributed by atoms with E-state index >= 15 is 0 Å². The van der Waals surface area contributed by atoms with Crippen LogP contribution in [0.3, 0.4) is 0 Å². The molecule has 0 bridgehead atoms. The van der Waals surface area contributed by atoms with Gasteiger partial charge in [-0.15, -0.1) is 0 Å². The molecule has 140 valence electrons. The third kappa shape index (κ3) is 2.76. The summed E-state index contributed by atoms with van der Waals surface area (Å²) in [4.78, 5) is 12.7. The van der Waals surface area contributed by atoms with E-state index in [4.69, 9.17) is 9.47 Å². The number of nitrogens with zero attached hydrogens (tertiary/aromatic N) is 2. The smallest absolute Gasteiger partial charge is 0.235 e. The van der Waals surface area contributed by atoms with E-state index in [2.05, 4.69) is 6.07 Å². The van der Waals surface area contributed by atoms with E-state index in [1.54, 1.807) is 25.3 Å². The molecule has 0 radical (unpaired) electrons. The van der Waals surface area contributed by atoms with Crippen LogP contribution in [0.4, 0.5) is 0 Å². The number of ether oxygens (including phenoxy) is 2. The van der Waals surface area contributed by atoms with Crippen molar-refractivity contribution >= 4 is 22.8 Å². The second-order valence-electron chi connectivity index (χ2n) is 6.36. The van der Waals surface area contributed by atoms with Gasteiger partial charge in [-0.05, 0) is 18.2 Å². The van der Waals surface area contributed by atoms with Gasteiger partial charge in [0.05, 0.1) is 23.8 Å². The van der Waals surface area contributed by atoms with E-state index in [1.807, 2.05) is 16.8 Å². The SMILES string of the molecule is COCCn1cc(C=C2Oc3cc(O)cc(O)c3C2=O)c2c(C#N)cccc21. The molecule has 0 saturated heterocycles. The Hall–Kier alpha value is -3.76. The summed E-state index contributed by atoms with van der Waals surface area (Å²) >= 11 is 0. The third-order valence-corrected chi connectivity index (χ3v) is 4.62. The molecular weight excluding hydrogens is 360 g/mol. The van der Waals surface area contributed by atoms with E-state index < -0.39 is 5.78 Å². The standard InChI is InChI=1S/C21H16N2O5/c1-27-6-5-23-11-13(19-12(10-22)3-2-4-15(19)23)7-18-21(26)20-16(25)8-14(24)9-17(20)28-18/h2-4,7-9,11,24-25H,5-6H2,1H3. The van der Waals surface area contributed by atoms with Crippen LogP contribution in [0.1, 0.15) is 21.5 Å². The number of allylic oxidation sites excluding steroid dienone is 1. The first-order valence-corrected chi connectivity index (χ1v) is 8.54. The molecule has 2 N–H and O–H groups in total. The normalized spacial score (nSPS) is 14.3. The quantitative estimate of drug-likeness (QED) is 0.678. The van der Waals surface area contributed by atoms with Crippen LogP contribution in [0.15, 0.2) is 42.3 Å².